The minimum atomic E-state index is -1.35. The van der Waals surface area contributed by atoms with Gasteiger partial charge in [0.25, 0.3) is 0 Å². The van der Waals surface area contributed by atoms with Gasteiger partial charge in [0.05, 0.1) is 0 Å². The van der Waals surface area contributed by atoms with Crippen molar-refractivity contribution in [3.05, 3.63) is 51.9 Å². The third-order valence-electron chi connectivity index (χ3n) is 4.08. The first kappa shape index (κ1) is 17.2. The molecule has 1 aromatic heterocycles. The molecular formula is C19H20O6. The molecule has 1 aromatic carbocycles. The van der Waals surface area contributed by atoms with Crippen molar-refractivity contribution in [2.24, 2.45) is 0 Å². The zero-order valence-corrected chi connectivity index (χ0v) is 14.4. The summed E-state index contributed by atoms with van der Waals surface area (Å²) in [6.45, 7) is 4.97. The Morgan fingerprint density at radius 3 is 2.88 bits per heavy atom. The molecule has 6 heteroatoms. The third-order valence-corrected chi connectivity index (χ3v) is 4.08. The second-order valence-electron chi connectivity index (χ2n) is 6.75. The van der Waals surface area contributed by atoms with Gasteiger partial charge in [-0.15, -0.1) is 0 Å². The monoisotopic (exact) mass is 344 g/mol. The first-order valence-corrected chi connectivity index (χ1v) is 8.02. The van der Waals surface area contributed by atoms with Crippen LogP contribution in [0.1, 0.15) is 26.3 Å². The van der Waals surface area contributed by atoms with Gasteiger partial charge in [-0.2, -0.15) is 0 Å². The smallest absolute Gasteiger partial charge is 0.336 e. The quantitative estimate of drug-likeness (QED) is 0.521. The Kier molecular flexibility index (Phi) is 4.39. The van der Waals surface area contributed by atoms with Crippen LogP contribution in [0.3, 0.4) is 0 Å². The lowest BCUT2D eigenvalue weighted by molar-refractivity contribution is -0.150. The van der Waals surface area contributed by atoms with Crippen LogP contribution in [0.2, 0.25) is 0 Å². The highest BCUT2D eigenvalue weighted by atomic mass is 16.6. The molecule has 0 radical (unpaired) electrons. The summed E-state index contributed by atoms with van der Waals surface area (Å²) in [6, 6.07) is 6.57. The molecule has 0 spiro atoms. The molecule has 2 unspecified atom stereocenters. The van der Waals surface area contributed by atoms with Gasteiger partial charge in [0, 0.05) is 30.0 Å². The molecule has 1 N–H and O–H groups in total. The fourth-order valence-corrected chi connectivity index (χ4v) is 2.74. The molecule has 0 bridgehead atoms. The van der Waals surface area contributed by atoms with Crippen LogP contribution in [-0.2, 0) is 16.0 Å². The van der Waals surface area contributed by atoms with E-state index in [2.05, 4.69) is 0 Å². The van der Waals surface area contributed by atoms with Crippen molar-refractivity contribution < 1.29 is 23.8 Å². The van der Waals surface area contributed by atoms with E-state index in [0.29, 0.717) is 17.8 Å². The topological polar surface area (TPSA) is 86.0 Å². The maximum absolute atomic E-state index is 11.6. The van der Waals surface area contributed by atoms with Gasteiger partial charge < -0.3 is 19.0 Å². The normalized spacial score (nSPS) is 18.2. The lowest BCUT2D eigenvalue weighted by atomic mass is 9.95. The van der Waals surface area contributed by atoms with Crippen molar-refractivity contribution in [3.8, 4) is 5.75 Å². The van der Waals surface area contributed by atoms with E-state index in [1.165, 1.54) is 12.1 Å². The third kappa shape index (κ3) is 3.74. The number of carbonyl (C=O) groups is 1. The minimum absolute atomic E-state index is 0.178. The number of benzene rings is 1. The lowest BCUT2D eigenvalue weighted by Crippen LogP contribution is -2.46. The Morgan fingerprint density at radius 1 is 1.40 bits per heavy atom. The molecule has 0 amide bonds. The van der Waals surface area contributed by atoms with E-state index in [9.17, 15) is 14.7 Å². The highest BCUT2D eigenvalue weighted by molar-refractivity contribution is 5.82. The summed E-state index contributed by atoms with van der Waals surface area (Å²) in [6.07, 6.45) is 1.28. The highest BCUT2D eigenvalue weighted by Crippen LogP contribution is 2.36. The fourth-order valence-electron chi connectivity index (χ4n) is 2.74. The summed E-state index contributed by atoms with van der Waals surface area (Å²) in [5.41, 5.74) is 0.378. The van der Waals surface area contributed by atoms with Crippen LogP contribution in [0.5, 0.6) is 5.75 Å². The summed E-state index contributed by atoms with van der Waals surface area (Å²) in [7, 11) is 0. The Bertz CT molecular complexity index is 902. The van der Waals surface area contributed by atoms with E-state index < -0.39 is 23.3 Å². The number of carbonyl (C=O) groups excluding carboxylic acids is 1. The predicted molar refractivity (Wildman–Crippen MR) is 91.6 cm³/mol. The average Bonchev–Trinajstić information content (AvgIpc) is 2.94. The summed E-state index contributed by atoms with van der Waals surface area (Å²) in [4.78, 5) is 23.0. The maximum Gasteiger partial charge on any atom is 0.336 e. The van der Waals surface area contributed by atoms with E-state index in [0.717, 1.165) is 16.5 Å². The van der Waals surface area contributed by atoms with Crippen LogP contribution in [0, 0.1) is 0 Å². The van der Waals surface area contributed by atoms with Crippen LogP contribution >= 0.6 is 0 Å². The fraction of sp³-hybridized carbons (Fsp3) is 0.368. The van der Waals surface area contributed by atoms with E-state index >= 15 is 0 Å². The van der Waals surface area contributed by atoms with Crippen LogP contribution in [-0.4, -0.2) is 29.4 Å². The number of allylic oxidation sites excluding steroid dienone is 1. The van der Waals surface area contributed by atoms with Crippen molar-refractivity contribution in [3.63, 3.8) is 0 Å². The Labute approximate surface area is 144 Å². The zero-order valence-electron chi connectivity index (χ0n) is 14.4. The SMILES string of the molecule is CC(C)=CC(=O)OCC(C)(O)C1Cc2cc3ccc(=O)oc3cc2O1. The Balaban J connectivity index is 1.76. The molecule has 132 valence electrons. The second kappa shape index (κ2) is 6.37. The van der Waals surface area contributed by atoms with E-state index in [-0.39, 0.29) is 6.61 Å². The number of fused-ring (bicyclic) bond motifs is 2. The second-order valence-corrected chi connectivity index (χ2v) is 6.75. The van der Waals surface area contributed by atoms with Crippen molar-refractivity contribution in [2.45, 2.75) is 38.9 Å². The predicted octanol–water partition coefficient (Wildman–Crippen LogP) is 2.36. The molecular weight excluding hydrogens is 324 g/mol. The van der Waals surface area contributed by atoms with E-state index in [4.69, 9.17) is 13.9 Å². The summed E-state index contributed by atoms with van der Waals surface area (Å²) < 4.78 is 16.1. The Hall–Kier alpha value is -2.60. The molecule has 2 aromatic rings. The molecule has 2 heterocycles. The number of esters is 1. The molecule has 0 saturated carbocycles. The van der Waals surface area contributed by atoms with Gasteiger partial charge in [-0.1, -0.05) is 5.57 Å². The molecule has 25 heavy (non-hydrogen) atoms. The molecule has 0 fully saturated rings. The average molecular weight is 344 g/mol. The summed E-state index contributed by atoms with van der Waals surface area (Å²) in [5.74, 6) is 0.0612. The highest BCUT2D eigenvalue weighted by Gasteiger charge is 2.40. The first-order chi connectivity index (χ1) is 11.7. The zero-order chi connectivity index (χ0) is 18.2. The van der Waals surface area contributed by atoms with Crippen LogP contribution in [0.4, 0.5) is 0 Å². The van der Waals surface area contributed by atoms with Crippen molar-refractivity contribution in [1.82, 2.24) is 0 Å². The van der Waals surface area contributed by atoms with Gasteiger partial charge in [-0.3, -0.25) is 0 Å². The van der Waals surface area contributed by atoms with Crippen molar-refractivity contribution in [1.29, 1.82) is 0 Å². The van der Waals surface area contributed by atoms with Gasteiger partial charge >= 0.3 is 11.6 Å². The van der Waals surface area contributed by atoms with Gasteiger partial charge in [0.2, 0.25) is 0 Å². The van der Waals surface area contributed by atoms with Gasteiger partial charge in [0.15, 0.2) is 0 Å². The molecule has 1 aliphatic heterocycles. The molecule has 1 aliphatic rings. The molecule has 0 aliphatic carbocycles. The molecule has 2 atom stereocenters. The van der Waals surface area contributed by atoms with E-state index in [1.807, 2.05) is 6.07 Å². The Morgan fingerprint density at radius 2 is 2.16 bits per heavy atom. The number of hydrogen-bond acceptors (Lipinski definition) is 6. The first-order valence-electron chi connectivity index (χ1n) is 8.02. The maximum atomic E-state index is 11.6. The van der Waals surface area contributed by atoms with Crippen molar-refractivity contribution in [2.75, 3.05) is 6.61 Å². The molecule has 0 saturated heterocycles. The number of aliphatic hydroxyl groups is 1. The number of ether oxygens (including phenoxy) is 2. The standard InChI is InChI=1S/C19H20O6/c1-11(2)6-18(21)23-10-19(3,22)16-8-13-7-12-4-5-17(20)25-14(12)9-15(13)24-16/h4-7,9,16,22H,8,10H2,1-3H3. The summed E-state index contributed by atoms with van der Waals surface area (Å²) >= 11 is 0. The largest absolute Gasteiger partial charge is 0.487 e. The number of rotatable bonds is 4. The molecule has 3 rings (SSSR count). The van der Waals surface area contributed by atoms with Gasteiger partial charge in [-0.05, 0) is 38.5 Å². The van der Waals surface area contributed by atoms with Crippen molar-refractivity contribution >= 4 is 16.9 Å². The van der Waals surface area contributed by atoms with E-state index in [1.54, 1.807) is 32.9 Å². The van der Waals surface area contributed by atoms with Gasteiger partial charge in [0.1, 0.15) is 29.6 Å². The summed E-state index contributed by atoms with van der Waals surface area (Å²) in [5, 5.41) is 11.4. The van der Waals surface area contributed by atoms with Gasteiger partial charge in [-0.25, -0.2) is 9.59 Å². The minimum Gasteiger partial charge on any atom is -0.487 e. The lowest BCUT2D eigenvalue weighted by Gasteiger charge is -2.28. The van der Waals surface area contributed by atoms with Crippen LogP contribution in [0.25, 0.3) is 11.0 Å². The molecule has 6 nitrogen and oxygen atoms in total. The number of hydrogen-bond donors (Lipinski definition) is 1. The van der Waals surface area contributed by atoms with Crippen LogP contribution in [0.15, 0.2) is 45.1 Å². The van der Waals surface area contributed by atoms with Crippen LogP contribution < -0.4 is 10.4 Å².